The number of furan rings is 1. The van der Waals surface area contributed by atoms with E-state index in [1.54, 1.807) is 0 Å². The van der Waals surface area contributed by atoms with Crippen LogP contribution in [0.4, 0.5) is 0 Å². The fourth-order valence-corrected chi connectivity index (χ4v) is 2.53. The minimum atomic E-state index is 0.497. The van der Waals surface area contributed by atoms with Crippen LogP contribution in [0.15, 0.2) is 28.7 Å². The Labute approximate surface area is 111 Å². The van der Waals surface area contributed by atoms with Crippen molar-refractivity contribution in [3.05, 3.63) is 41.3 Å². The van der Waals surface area contributed by atoms with Crippen LogP contribution >= 0.6 is 0 Å². The molecule has 0 atom stereocenters. The zero-order valence-electron chi connectivity index (χ0n) is 11.4. The van der Waals surface area contributed by atoms with Crippen LogP contribution in [0.3, 0.4) is 0 Å². The Morgan fingerprint density at radius 1 is 1.32 bits per heavy atom. The van der Waals surface area contributed by atoms with Gasteiger partial charge in [-0.05, 0) is 31.5 Å². The summed E-state index contributed by atoms with van der Waals surface area (Å²) < 4.78 is 7.69. The first-order valence-electron chi connectivity index (χ1n) is 6.33. The molecule has 0 spiro atoms. The summed E-state index contributed by atoms with van der Waals surface area (Å²) in [6, 6.07) is 8.13. The molecule has 0 fully saturated rings. The summed E-state index contributed by atoms with van der Waals surface area (Å²) in [6.45, 7) is 4.41. The molecule has 1 aromatic carbocycles. The SMILES string of the molecule is Cc1cc(-c2nc3c(CN)cccc3n2C)c(C)o1. The molecule has 3 aromatic rings. The van der Waals surface area contributed by atoms with E-state index in [0.29, 0.717) is 6.54 Å². The molecule has 0 bridgehead atoms. The Bertz CT molecular complexity index is 752. The van der Waals surface area contributed by atoms with E-state index in [-0.39, 0.29) is 0 Å². The fourth-order valence-electron chi connectivity index (χ4n) is 2.53. The summed E-state index contributed by atoms with van der Waals surface area (Å²) in [5.74, 6) is 2.72. The number of rotatable bonds is 2. The van der Waals surface area contributed by atoms with Gasteiger partial charge in [-0.15, -0.1) is 0 Å². The van der Waals surface area contributed by atoms with Gasteiger partial charge in [0.25, 0.3) is 0 Å². The van der Waals surface area contributed by atoms with Crippen molar-refractivity contribution in [3.63, 3.8) is 0 Å². The lowest BCUT2D eigenvalue weighted by Gasteiger charge is -2.00. The lowest BCUT2D eigenvalue weighted by molar-refractivity contribution is 0.505. The summed E-state index contributed by atoms with van der Waals surface area (Å²) in [6.07, 6.45) is 0. The van der Waals surface area contributed by atoms with Crippen LogP contribution in [0.25, 0.3) is 22.4 Å². The summed E-state index contributed by atoms with van der Waals surface area (Å²) >= 11 is 0. The number of imidazole rings is 1. The van der Waals surface area contributed by atoms with Gasteiger partial charge in [0.2, 0.25) is 0 Å². The number of hydrogen-bond donors (Lipinski definition) is 1. The molecule has 2 N–H and O–H groups in total. The molecule has 0 saturated heterocycles. The number of hydrogen-bond acceptors (Lipinski definition) is 3. The molecule has 19 heavy (non-hydrogen) atoms. The molecular weight excluding hydrogens is 238 g/mol. The first-order valence-corrected chi connectivity index (χ1v) is 6.33. The van der Waals surface area contributed by atoms with Crippen LogP contribution < -0.4 is 5.73 Å². The topological polar surface area (TPSA) is 57.0 Å². The van der Waals surface area contributed by atoms with Gasteiger partial charge in [-0.2, -0.15) is 0 Å². The predicted molar refractivity (Wildman–Crippen MR) is 75.8 cm³/mol. The van der Waals surface area contributed by atoms with Crippen LogP contribution in [-0.2, 0) is 13.6 Å². The van der Waals surface area contributed by atoms with Crippen molar-refractivity contribution < 1.29 is 4.42 Å². The molecular formula is C15H17N3O. The van der Waals surface area contributed by atoms with Crippen molar-refractivity contribution >= 4 is 11.0 Å². The highest BCUT2D eigenvalue weighted by molar-refractivity contribution is 5.83. The second kappa shape index (κ2) is 4.24. The lowest BCUT2D eigenvalue weighted by Crippen LogP contribution is -1.97. The highest BCUT2D eigenvalue weighted by Crippen LogP contribution is 2.29. The first kappa shape index (κ1) is 12.0. The van der Waals surface area contributed by atoms with Crippen molar-refractivity contribution in [1.82, 2.24) is 9.55 Å². The molecule has 4 nitrogen and oxygen atoms in total. The van der Waals surface area contributed by atoms with Gasteiger partial charge in [-0.1, -0.05) is 12.1 Å². The van der Waals surface area contributed by atoms with Gasteiger partial charge in [-0.3, -0.25) is 0 Å². The van der Waals surface area contributed by atoms with Gasteiger partial charge >= 0.3 is 0 Å². The highest BCUT2D eigenvalue weighted by atomic mass is 16.3. The van der Waals surface area contributed by atoms with Crippen molar-refractivity contribution in [2.45, 2.75) is 20.4 Å². The maximum absolute atomic E-state index is 5.78. The van der Waals surface area contributed by atoms with E-state index in [1.807, 2.05) is 39.1 Å². The van der Waals surface area contributed by atoms with Crippen LogP contribution in [0.5, 0.6) is 0 Å². The van der Waals surface area contributed by atoms with Crippen LogP contribution in [0.2, 0.25) is 0 Å². The smallest absolute Gasteiger partial charge is 0.144 e. The quantitative estimate of drug-likeness (QED) is 0.766. The van der Waals surface area contributed by atoms with E-state index >= 15 is 0 Å². The van der Waals surface area contributed by atoms with Gasteiger partial charge in [0.15, 0.2) is 0 Å². The van der Waals surface area contributed by atoms with Gasteiger partial charge in [0, 0.05) is 13.6 Å². The highest BCUT2D eigenvalue weighted by Gasteiger charge is 2.16. The van der Waals surface area contributed by atoms with Gasteiger partial charge in [0.1, 0.15) is 17.3 Å². The van der Waals surface area contributed by atoms with Crippen molar-refractivity contribution in [1.29, 1.82) is 0 Å². The molecule has 0 aliphatic rings. The molecule has 0 amide bonds. The van der Waals surface area contributed by atoms with Crippen LogP contribution in [-0.4, -0.2) is 9.55 Å². The average Bonchev–Trinajstić information content (AvgIpc) is 2.90. The monoisotopic (exact) mass is 255 g/mol. The van der Waals surface area contributed by atoms with E-state index in [1.165, 1.54) is 0 Å². The fraction of sp³-hybridized carbons (Fsp3) is 0.267. The third-order valence-corrected chi connectivity index (χ3v) is 3.50. The number of nitrogens with two attached hydrogens (primary N) is 1. The second-order valence-electron chi connectivity index (χ2n) is 4.81. The van der Waals surface area contributed by atoms with E-state index in [2.05, 4.69) is 10.6 Å². The number of fused-ring (bicyclic) bond motifs is 1. The maximum Gasteiger partial charge on any atom is 0.144 e. The van der Waals surface area contributed by atoms with Crippen molar-refractivity contribution in [3.8, 4) is 11.4 Å². The molecule has 2 aromatic heterocycles. The van der Waals surface area contributed by atoms with Gasteiger partial charge in [0.05, 0.1) is 16.6 Å². The minimum absolute atomic E-state index is 0.497. The molecule has 0 aliphatic carbocycles. The van der Waals surface area contributed by atoms with Gasteiger partial charge in [-0.25, -0.2) is 4.98 Å². The van der Waals surface area contributed by atoms with E-state index in [4.69, 9.17) is 15.1 Å². The minimum Gasteiger partial charge on any atom is -0.466 e. The Morgan fingerprint density at radius 2 is 2.11 bits per heavy atom. The Hall–Kier alpha value is -2.07. The molecule has 2 heterocycles. The summed E-state index contributed by atoms with van der Waals surface area (Å²) in [5.41, 5.74) is 9.95. The largest absolute Gasteiger partial charge is 0.466 e. The van der Waals surface area contributed by atoms with Crippen LogP contribution in [0, 0.1) is 13.8 Å². The Balaban J connectivity index is 2.31. The Morgan fingerprint density at radius 3 is 2.74 bits per heavy atom. The van der Waals surface area contributed by atoms with Crippen LogP contribution in [0.1, 0.15) is 17.1 Å². The third kappa shape index (κ3) is 1.76. The Kier molecular flexibility index (Phi) is 2.68. The normalized spacial score (nSPS) is 11.4. The second-order valence-corrected chi connectivity index (χ2v) is 4.81. The standard InChI is InChI=1S/C15H17N3O/c1-9-7-12(10(2)19-9)15-17-14-11(8-16)5-4-6-13(14)18(15)3/h4-7H,8,16H2,1-3H3. The molecule has 98 valence electrons. The third-order valence-electron chi connectivity index (χ3n) is 3.50. The number of aryl methyl sites for hydroxylation is 3. The number of benzene rings is 1. The zero-order chi connectivity index (χ0) is 13.6. The van der Waals surface area contributed by atoms with E-state index in [9.17, 15) is 0 Å². The predicted octanol–water partition coefficient (Wildman–Crippen LogP) is 2.91. The molecule has 0 radical (unpaired) electrons. The summed E-state index contributed by atoms with van der Waals surface area (Å²) in [4.78, 5) is 4.75. The zero-order valence-corrected chi connectivity index (χ0v) is 11.4. The summed E-state index contributed by atoms with van der Waals surface area (Å²) in [7, 11) is 2.02. The van der Waals surface area contributed by atoms with Gasteiger partial charge < -0.3 is 14.7 Å². The van der Waals surface area contributed by atoms with E-state index in [0.717, 1.165) is 39.5 Å². The van der Waals surface area contributed by atoms with Crippen molar-refractivity contribution in [2.24, 2.45) is 12.8 Å². The first-order chi connectivity index (χ1) is 9.11. The molecule has 0 saturated carbocycles. The molecule has 0 unspecified atom stereocenters. The summed E-state index contributed by atoms with van der Waals surface area (Å²) in [5, 5.41) is 0. The lowest BCUT2D eigenvalue weighted by atomic mass is 10.2. The molecule has 4 heteroatoms. The van der Waals surface area contributed by atoms with Crippen molar-refractivity contribution in [2.75, 3.05) is 0 Å². The molecule has 3 rings (SSSR count). The maximum atomic E-state index is 5.78. The number of aromatic nitrogens is 2. The van der Waals surface area contributed by atoms with E-state index < -0.39 is 0 Å². The number of nitrogens with zero attached hydrogens (tertiary/aromatic N) is 2. The molecule has 0 aliphatic heterocycles. The average molecular weight is 255 g/mol. The number of para-hydroxylation sites is 1.